The number of nitrogens with zero attached hydrogens (tertiary/aromatic N) is 1. The topological polar surface area (TPSA) is 15.3 Å². The van der Waals surface area contributed by atoms with Gasteiger partial charge in [0, 0.05) is 18.6 Å². The molecule has 1 aromatic carbocycles. The largest absolute Gasteiger partial charge is 0.312 e. The van der Waals surface area contributed by atoms with Crippen molar-refractivity contribution < 1.29 is 0 Å². The van der Waals surface area contributed by atoms with E-state index in [0.29, 0.717) is 12.1 Å². The van der Waals surface area contributed by atoms with E-state index in [0.717, 1.165) is 12.5 Å². The Hall–Kier alpha value is -0.860. The summed E-state index contributed by atoms with van der Waals surface area (Å²) < 4.78 is 0. The molecule has 0 heterocycles. The molecule has 0 spiro atoms. The van der Waals surface area contributed by atoms with Gasteiger partial charge < -0.3 is 5.32 Å². The van der Waals surface area contributed by atoms with E-state index in [4.69, 9.17) is 0 Å². The van der Waals surface area contributed by atoms with Gasteiger partial charge in [0.2, 0.25) is 0 Å². The number of likely N-dealkylation sites (N-methyl/N-ethyl adjacent to an activating group) is 2. The van der Waals surface area contributed by atoms with Crippen LogP contribution >= 0.6 is 0 Å². The van der Waals surface area contributed by atoms with Crippen molar-refractivity contribution >= 4 is 0 Å². The third kappa shape index (κ3) is 3.80. The van der Waals surface area contributed by atoms with Crippen LogP contribution in [0.2, 0.25) is 0 Å². The summed E-state index contributed by atoms with van der Waals surface area (Å²) in [6.45, 7) is 7.04. The van der Waals surface area contributed by atoms with Gasteiger partial charge in [-0.2, -0.15) is 0 Å². The van der Waals surface area contributed by atoms with E-state index in [1.807, 2.05) is 0 Å². The zero-order valence-electron chi connectivity index (χ0n) is 12.6. The number of rotatable bonds is 8. The van der Waals surface area contributed by atoms with E-state index < -0.39 is 0 Å². The normalized spacial score (nSPS) is 18.5. The van der Waals surface area contributed by atoms with Gasteiger partial charge in [-0.15, -0.1) is 0 Å². The van der Waals surface area contributed by atoms with Crippen LogP contribution in [0.1, 0.15) is 44.7 Å². The minimum Gasteiger partial charge on any atom is -0.312 e. The molecule has 0 saturated heterocycles. The first kappa shape index (κ1) is 14.5. The molecule has 2 rings (SSSR count). The fraction of sp³-hybridized carbons (Fsp3) is 0.647. The lowest BCUT2D eigenvalue weighted by Gasteiger charge is -2.36. The minimum atomic E-state index is 0.435. The number of benzene rings is 1. The molecule has 2 atom stereocenters. The van der Waals surface area contributed by atoms with Crippen LogP contribution in [0.25, 0.3) is 0 Å². The summed E-state index contributed by atoms with van der Waals surface area (Å²) in [4.78, 5) is 2.67. The Kier molecular flexibility index (Phi) is 5.41. The predicted molar refractivity (Wildman–Crippen MR) is 82.3 cm³/mol. The summed E-state index contributed by atoms with van der Waals surface area (Å²) in [6.07, 6.45) is 4.06. The predicted octanol–water partition coefficient (Wildman–Crippen LogP) is 3.46. The zero-order chi connectivity index (χ0) is 13.7. The molecule has 0 aromatic heterocycles. The molecule has 1 aromatic rings. The van der Waals surface area contributed by atoms with Gasteiger partial charge in [0.05, 0.1) is 0 Å². The highest BCUT2D eigenvalue weighted by Crippen LogP contribution is 2.32. The molecular weight excluding hydrogens is 232 g/mol. The van der Waals surface area contributed by atoms with Crippen molar-refractivity contribution in [2.75, 3.05) is 20.1 Å². The van der Waals surface area contributed by atoms with Crippen LogP contribution in [0, 0.1) is 5.92 Å². The molecule has 1 fully saturated rings. The van der Waals surface area contributed by atoms with Gasteiger partial charge in [-0.3, -0.25) is 4.90 Å². The summed E-state index contributed by atoms with van der Waals surface area (Å²) >= 11 is 0. The van der Waals surface area contributed by atoms with Gasteiger partial charge in [-0.25, -0.2) is 0 Å². The molecule has 106 valence electrons. The third-order valence-electron chi connectivity index (χ3n) is 4.34. The van der Waals surface area contributed by atoms with E-state index >= 15 is 0 Å². The molecule has 0 bridgehead atoms. The van der Waals surface area contributed by atoms with Gasteiger partial charge in [0.15, 0.2) is 0 Å². The fourth-order valence-corrected chi connectivity index (χ4v) is 3.08. The Balaban J connectivity index is 2.12. The quantitative estimate of drug-likeness (QED) is 0.770. The van der Waals surface area contributed by atoms with Crippen molar-refractivity contribution in [3.63, 3.8) is 0 Å². The summed E-state index contributed by atoms with van der Waals surface area (Å²) in [6, 6.07) is 11.9. The SMILES string of the molecule is CCC(C(NC)c1ccccc1)N(CC)CC1CC1. The second-order valence-corrected chi connectivity index (χ2v) is 5.68. The van der Waals surface area contributed by atoms with E-state index in [1.165, 1.54) is 31.4 Å². The fourth-order valence-electron chi connectivity index (χ4n) is 3.08. The van der Waals surface area contributed by atoms with Gasteiger partial charge in [-0.05, 0) is 44.3 Å². The standard InChI is InChI=1S/C17H28N2/c1-4-16(19(5-2)13-14-11-12-14)17(18-3)15-9-7-6-8-10-15/h6-10,14,16-18H,4-5,11-13H2,1-3H3. The van der Waals surface area contributed by atoms with Gasteiger partial charge in [0.1, 0.15) is 0 Å². The smallest absolute Gasteiger partial charge is 0.0475 e. The van der Waals surface area contributed by atoms with Crippen molar-refractivity contribution in [3.8, 4) is 0 Å². The highest BCUT2D eigenvalue weighted by molar-refractivity contribution is 5.20. The number of nitrogens with one attached hydrogen (secondary N) is 1. The van der Waals surface area contributed by atoms with Crippen molar-refractivity contribution in [3.05, 3.63) is 35.9 Å². The van der Waals surface area contributed by atoms with Crippen molar-refractivity contribution in [2.45, 2.75) is 45.2 Å². The van der Waals surface area contributed by atoms with Crippen LogP contribution in [-0.2, 0) is 0 Å². The molecule has 1 N–H and O–H groups in total. The molecule has 1 aliphatic rings. The maximum Gasteiger partial charge on any atom is 0.0475 e. The van der Waals surface area contributed by atoms with Crippen LogP contribution in [-0.4, -0.2) is 31.1 Å². The first-order valence-corrected chi connectivity index (χ1v) is 7.76. The van der Waals surface area contributed by atoms with Gasteiger partial charge in [0.25, 0.3) is 0 Å². The Bertz CT molecular complexity index is 359. The van der Waals surface area contributed by atoms with Gasteiger partial charge >= 0.3 is 0 Å². The molecular formula is C17H28N2. The Morgan fingerprint density at radius 3 is 2.37 bits per heavy atom. The van der Waals surface area contributed by atoms with E-state index in [2.05, 4.69) is 61.4 Å². The van der Waals surface area contributed by atoms with E-state index in [9.17, 15) is 0 Å². The molecule has 2 heteroatoms. The van der Waals surface area contributed by atoms with Crippen molar-refractivity contribution in [1.82, 2.24) is 10.2 Å². The maximum atomic E-state index is 3.54. The second kappa shape index (κ2) is 7.06. The molecule has 0 amide bonds. The molecule has 2 nitrogen and oxygen atoms in total. The van der Waals surface area contributed by atoms with Crippen molar-refractivity contribution in [2.24, 2.45) is 5.92 Å². The van der Waals surface area contributed by atoms with Crippen LogP contribution in [0.4, 0.5) is 0 Å². The van der Waals surface area contributed by atoms with E-state index in [1.54, 1.807) is 0 Å². The molecule has 0 aliphatic heterocycles. The number of hydrogen-bond acceptors (Lipinski definition) is 2. The first-order valence-electron chi connectivity index (χ1n) is 7.76. The maximum absolute atomic E-state index is 3.54. The average Bonchev–Trinajstić information content (AvgIpc) is 3.27. The number of hydrogen-bond donors (Lipinski definition) is 1. The van der Waals surface area contributed by atoms with Crippen LogP contribution < -0.4 is 5.32 Å². The molecule has 2 unspecified atom stereocenters. The van der Waals surface area contributed by atoms with E-state index in [-0.39, 0.29) is 0 Å². The third-order valence-corrected chi connectivity index (χ3v) is 4.34. The summed E-state index contributed by atoms with van der Waals surface area (Å²) in [5.74, 6) is 0.960. The van der Waals surface area contributed by atoms with Gasteiger partial charge in [-0.1, -0.05) is 44.2 Å². The average molecular weight is 260 g/mol. The minimum absolute atomic E-state index is 0.435. The lowest BCUT2D eigenvalue weighted by atomic mass is 9.95. The van der Waals surface area contributed by atoms with Crippen LogP contribution in [0.3, 0.4) is 0 Å². The summed E-state index contributed by atoms with van der Waals surface area (Å²) in [5.41, 5.74) is 1.41. The highest BCUT2D eigenvalue weighted by Gasteiger charge is 2.30. The monoisotopic (exact) mass is 260 g/mol. The Morgan fingerprint density at radius 1 is 1.21 bits per heavy atom. The lowest BCUT2D eigenvalue weighted by Crippen LogP contribution is -2.44. The molecule has 0 radical (unpaired) electrons. The highest BCUT2D eigenvalue weighted by atomic mass is 15.2. The molecule has 19 heavy (non-hydrogen) atoms. The zero-order valence-corrected chi connectivity index (χ0v) is 12.6. The van der Waals surface area contributed by atoms with Crippen molar-refractivity contribution in [1.29, 1.82) is 0 Å². The summed E-state index contributed by atoms with van der Waals surface area (Å²) in [5, 5.41) is 3.54. The van der Waals surface area contributed by atoms with Crippen LogP contribution in [0.15, 0.2) is 30.3 Å². The Morgan fingerprint density at radius 2 is 1.89 bits per heavy atom. The molecule has 1 saturated carbocycles. The lowest BCUT2D eigenvalue weighted by molar-refractivity contribution is 0.155. The first-order chi connectivity index (χ1) is 9.30. The molecule has 1 aliphatic carbocycles. The summed E-state index contributed by atoms with van der Waals surface area (Å²) in [7, 11) is 2.09. The Labute approximate surface area is 118 Å². The second-order valence-electron chi connectivity index (χ2n) is 5.68. The van der Waals surface area contributed by atoms with Crippen LogP contribution in [0.5, 0.6) is 0 Å².